The number of hydrogen-bond acceptors (Lipinski definition) is 6. The molecule has 2 aromatic heterocycles. The molecule has 8 heteroatoms. The van der Waals surface area contributed by atoms with E-state index in [0.29, 0.717) is 42.7 Å². The number of carboxylic acids is 1. The van der Waals surface area contributed by atoms with E-state index in [0.717, 1.165) is 0 Å². The fourth-order valence-electron chi connectivity index (χ4n) is 3.21. The van der Waals surface area contributed by atoms with Gasteiger partial charge in [0.05, 0.1) is 16.6 Å². The summed E-state index contributed by atoms with van der Waals surface area (Å²) in [6.07, 6.45) is 0.992. The molecular weight excluding hydrogens is 338 g/mol. The van der Waals surface area contributed by atoms with Crippen molar-refractivity contribution in [3.05, 3.63) is 23.0 Å². The highest BCUT2D eigenvalue weighted by Gasteiger charge is 2.31. The second-order valence-corrected chi connectivity index (χ2v) is 7.61. The van der Waals surface area contributed by atoms with Gasteiger partial charge >= 0.3 is 12.1 Å². The predicted octanol–water partition coefficient (Wildman–Crippen LogP) is 3.34. The number of ether oxygens (including phenoxy) is 1. The first-order chi connectivity index (χ1) is 12.2. The van der Waals surface area contributed by atoms with E-state index in [-0.39, 0.29) is 23.3 Å². The van der Waals surface area contributed by atoms with Gasteiger partial charge in [-0.25, -0.2) is 14.6 Å². The number of carboxylic acid groups (broad SMARTS) is 1. The maximum atomic E-state index is 12.2. The summed E-state index contributed by atoms with van der Waals surface area (Å²) >= 11 is 0. The molecule has 1 saturated heterocycles. The summed E-state index contributed by atoms with van der Waals surface area (Å²) in [6, 6.07) is 1.53. The van der Waals surface area contributed by atoms with Crippen molar-refractivity contribution in [1.82, 2.24) is 15.0 Å². The lowest BCUT2D eigenvalue weighted by molar-refractivity contribution is 0.0203. The fraction of sp³-hybridized carbons (Fsp3) is 0.556. The van der Waals surface area contributed by atoms with Crippen molar-refractivity contribution >= 4 is 23.2 Å². The number of aryl methyl sites for hydroxylation is 1. The van der Waals surface area contributed by atoms with E-state index in [1.165, 1.54) is 6.07 Å². The highest BCUT2D eigenvalue weighted by molar-refractivity contribution is 6.02. The standard InChI is InChI=1S/C18H23N3O5/c1-10-9-12(16(22)23)13-14(20-26-15(13)19-10)11-5-7-21(8-6-11)17(24)25-18(2,3)4/h9,11H,5-8H2,1-4H3,(H,22,23). The number of piperidine rings is 1. The molecule has 1 amide bonds. The number of likely N-dealkylation sites (tertiary alicyclic amines) is 1. The quantitative estimate of drug-likeness (QED) is 0.874. The molecule has 140 valence electrons. The molecule has 3 heterocycles. The number of amides is 1. The first kappa shape index (κ1) is 18.2. The van der Waals surface area contributed by atoms with E-state index in [9.17, 15) is 14.7 Å². The van der Waals surface area contributed by atoms with Crippen LogP contribution in [-0.2, 0) is 4.74 Å². The molecule has 0 saturated carbocycles. The van der Waals surface area contributed by atoms with Gasteiger partial charge in [-0.15, -0.1) is 0 Å². The van der Waals surface area contributed by atoms with Gasteiger partial charge < -0.3 is 19.3 Å². The summed E-state index contributed by atoms with van der Waals surface area (Å²) in [7, 11) is 0. The third-order valence-corrected chi connectivity index (χ3v) is 4.36. The first-order valence-electron chi connectivity index (χ1n) is 8.64. The van der Waals surface area contributed by atoms with E-state index in [1.807, 2.05) is 20.8 Å². The van der Waals surface area contributed by atoms with Gasteiger partial charge in [-0.2, -0.15) is 0 Å². The topological polar surface area (TPSA) is 106 Å². The van der Waals surface area contributed by atoms with Crippen molar-refractivity contribution in [3.63, 3.8) is 0 Å². The first-order valence-corrected chi connectivity index (χ1v) is 8.64. The van der Waals surface area contributed by atoms with Gasteiger partial charge in [0, 0.05) is 24.7 Å². The number of aromatic carboxylic acids is 1. The lowest BCUT2D eigenvalue weighted by Gasteiger charge is -2.32. The maximum Gasteiger partial charge on any atom is 0.410 e. The monoisotopic (exact) mass is 361 g/mol. The van der Waals surface area contributed by atoms with Gasteiger partial charge in [0.15, 0.2) is 0 Å². The number of rotatable bonds is 2. The lowest BCUT2D eigenvalue weighted by Crippen LogP contribution is -2.41. The Morgan fingerprint density at radius 1 is 1.31 bits per heavy atom. The molecule has 0 bridgehead atoms. The molecule has 3 rings (SSSR count). The van der Waals surface area contributed by atoms with Crippen molar-refractivity contribution in [1.29, 1.82) is 0 Å². The molecule has 8 nitrogen and oxygen atoms in total. The van der Waals surface area contributed by atoms with Crippen molar-refractivity contribution in [2.24, 2.45) is 0 Å². The zero-order chi connectivity index (χ0) is 19.1. The minimum absolute atomic E-state index is 0.0116. The number of nitrogens with zero attached hydrogens (tertiary/aromatic N) is 3. The van der Waals surface area contributed by atoms with Crippen LogP contribution in [0.2, 0.25) is 0 Å². The summed E-state index contributed by atoms with van der Waals surface area (Å²) in [5, 5.41) is 14.1. The smallest absolute Gasteiger partial charge is 0.410 e. The number of hydrogen-bond donors (Lipinski definition) is 1. The average molecular weight is 361 g/mol. The van der Waals surface area contributed by atoms with Crippen molar-refractivity contribution in [2.45, 2.75) is 52.1 Å². The van der Waals surface area contributed by atoms with Gasteiger partial charge in [-0.1, -0.05) is 5.16 Å². The van der Waals surface area contributed by atoms with Crippen LogP contribution in [-0.4, -0.2) is 50.9 Å². The van der Waals surface area contributed by atoms with Crippen LogP contribution in [0, 0.1) is 6.92 Å². The van der Waals surface area contributed by atoms with Crippen LogP contribution in [0.1, 0.15) is 61.3 Å². The van der Waals surface area contributed by atoms with Gasteiger partial charge in [0.1, 0.15) is 5.60 Å². The Kier molecular flexibility index (Phi) is 4.60. The van der Waals surface area contributed by atoms with Crippen LogP contribution in [0.3, 0.4) is 0 Å². The molecular formula is C18H23N3O5. The second-order valence-electron chi connectivity index (χ2n) is 7.61. The van der Waals surface area contributed by atoms with Crippen molar-refractivity contribution in [3.8, 4) is 0 Å². The van der Waals surface area contributed by atoms with Crippen LogP contribution < -0.4 is 0 Å². The van der Waals surface area contributed by atoms with E-state index in [2.05, 4.69) is 10.1 Å². The van der Waals surface area contributed by atoms with Crippen LogP contribution in [0.4, 0.5) is 4.79 Å². The fourth-order valence-corrected chi connectivity index (χ4v) is 3.21. The molecule has 1 aliphatic rings. The maximum absolute atomic E-state index is 12.2. The number of pyridine rings is 1. The Morgan fingerprint density at radius 3 is 2.54 bits per heavy atom. The zero-order valence-corrected chi connectivity index (χ0v) is 15.4. The van der Waals surface area contributed by atoms with Crippen LogP contribution in [0.5, 0.6) is 0 Å². The summed E-state index contributed by atoms with van der Waals surface area (Å²) < 4.78 is 10.7. The normalized spacial score (nSPS) is 16.1. The highest BCUT2D eigenvalue weighted by Crippen LogP contribution is 2.34. The molecule has 0 unspecified atom stereocenters. The molecule has 0 radical (unpaired) electrons. The third-order valence-electron chi connectivity index (χ3n) is 4.36. The largest absolute Gasteiger partial charge is 0.478 e. The Balaban J connectivity index is 1.80. The third kappa shape index (κ3) is 3.63. The minimum Gasteiger partial charge on any atom is -0.478 e. The highest BCUT2D eigenvalue weighted by atomic mass is 16.6. The molecule has 0 atom stereocenters. The Bertz CT molecular complexity index is 844. The predicted molar refractivity (Wildman–Crippen MR) is 93.3 cm³/mol. The second kappa shape index (κ2) is 6.59. The Labute approximate surface area is 151 Å². The van der Waals surface area contributed by atoms with Gasteiger partial charge in [0.25, 0.3) is 5.71 Å². The molecule has 2 aromatic rings. The van der Waals surface area contributed by atoms with Gasteiger partial charge in [-0.05, 0) is 46.6 Å². The molecule has 1 aliphatic heterocycles. The summed E-state index contributed by atoms with van der Waals surface area (Å²) in [5.74, 6) is -1.02. The number of aromatic nitrogens is 2. The molecule has 0 aromatic carbocycles. The van der Waals surface area contributed by atoms with E-state index in [4.69, 9.17) is 9.26 Å². The van der Waals surface area contributed by atoms with Crippen LogP contribution in [0.25, 0.3) is 11.1 Å². The molecule has 1 fully saturated rings. The van der Waals surface area contributed by atoms with E-state index >= 15 is 0 Å². The van der Waals surface area contributed by atoms with Gasteiger partial charge in [0.2, 0.25) is 0 Å². The van der Waals surface area contributed by atoms with E-state index < -0.39 is 11.6 Å². The summed E-state index contributed by atoms with van der Waals surface area (Å²) in [6.45, 7) is 8.27. The number of carbonyl (C=O) groups is 2. The Morgan fingerprint density at radius 2 is 1.96 bits per heavy atom. The SMILES string of the molecule is Cc1cc(C(=O)O)c2c(C3CCN(C(=O)OC(C)(C)C)CC3)noc2n1. The molecule has 0 spiro atoms. The van der Waals surface area contributed by atoms with Crippen molar-refractivity contribution in [2.75, 3.05) is 13.1 Å². The zero-order valence-electron chi connectivity index (χ0n) is 15.4. The van der Waals surface area contributed by atoms with Crippen molar-refractivity contribution < 1.29 is 24.0 Å². The van der Waals surface area contributed by atoms with Gasteiger partial charge in [-0.3, -0.25) is 0 Å². The van der Waals surface area contributed by atoms with Crippen LogP contribution >= 0.6 is 0 Å². The summed E-state index contributed by atoms with van der Waals surface area (Å²) in [5.41, 5.74) is 1.03. The minimum atomic E-state index is -1.03. The molecule has 1 N–H and O–H groups in total. The Hall–Kier alpha value is -2.64. The van der Waals surface area contributed by atoms with E-state index in [1.54, 1.807) is 11.8 Å². The van der Waals surface area contributed by atoms with Crippen LogP contribution in [0.15, 0.2) is 10.6 Å². The summed E-state index contributed by atoms with van der Waals surface area (Å²) in [4.78, 5) is 29.7. The number of fused-ring (bicyclic) bond motifs is 1. The lowest BCUT2D eigenvalue weighted by atomic mass is 9.91. The molecule has 0 aliphatic carbocycles. The number of carbonyl (C=O) groups excluding carboxylic acids is 1. The molecule has 26 heavy (non-hydrogen) atoms. The average Bonchev–Trinajstić information content (AvgIpc) is 2.96.